The summed E-state index contributed by atoms with van der Waals surface area (Å²) in [6.45, 7) is 0.850. The molecule has 1 N–H and O–H groups in total. The third kappa shape index (κ3) is 3.13. The summed E-state index contributed by atoms with van der Waals surface area (Å²) in [5.41, 5.74) is 2.92. The zero-order chi connectivity index (χ0) is 19.0. The van der Waals surface area contributed by atoms with Crippen LogP contribution >= 0.6 is 0 Å². The molecule has 0 unspecified atom stereocenters. The summed E-state index contributed by atoms with van der Waals surface area (Å²) < 4.78 is 14.6. The Bertz CT molecular complexity index is 1120. The van der Waals surface area contributed by atoms with Crippen LogP contribution in [0.3, 0.4) is 0 Å². The third-order valence-electron chi connectivity index (χ3n) is 4.68. The monoisotopic (exact) mass is 362 g/mol. The van der Waals surface area contributed by atoms with Crippen LogP contribution in [0.2, 0.25) is 0 Å². The van der Waals surface area contributed by atoms with Gasteiger partial charge in [0.2, 0.25) is 0 Å². The van der Waals surface area contributed by atoms with Crippen molar-refractivity contribution in [2.75, 3.05) is 6.54 Å². The van der Waals surface area contributed by atoms with Gasteiger partial charge in [0.1, 0.15) is 17.6 Å². The molecule has 1 aliphatic heterocycles. The Morgan fingerprint density at radius 2 is 1.96 bits per heavy atom. The summed E-state index contributed by atoms with van der Waals surface area (Å²) in [7, 11) is 0. The lowest BCUT2D eigenvalue weighted by Gasteiger charge is -2.29. The number of fused-ring (bicyclic) bond motifs is 1. The number of carbonyl (C=O) groups is 1. The van der Waals surface area contributed by atoms with E-state index in [4.69, 9.17) is 5.26 Å². The van der Waals surface area contributed by atoms with E-state index in [1.165, 1.54) is 41.1 Å². The van der Waals surface area contributed by atoms with Crippen LogP contribution in [0, 0.1) is 17.1 Å². The maximum atomic E-state index is 13.2. The van der Waals surface area contributed by atoms with Crippen LogP contribution in [0.5, 0.6) is 0 Å². The standard InChI is InChI=1S/C20H15FN4O2/c21-16-1-3-17(4-2-16)25-12-15-11-24(6-5-14(15)8-19(25)26)20(27)18-7-13(9-22)10-23-18/h1-4,7-8,10,12,23H,5-6,11H2. The Morgan fingerprint density at radius 3 is 2.67 bits per heavy atom. The van der Waals surface area contributed by atoms with E-state index in [-0.39, 0.29) is 17.3 Å². The highest BCUT2D eigenvalue weighted by Crippen LogP contribution is 2.20. The number of nitrogens with zero attached hydrogens (tertiary/aromatic N) is 3. The Balaban J connectivity index is 1.64. The number of rotatable bonds is 2. The molecule has 27 heavy (non-hydrogen) atoms. The van der Waals surface area contributed by atoms with Crippen molar-refractivity contribution in [1.29, 1.82) is 5.26 Å². The van der Waals surface area contributed by atoms with E-state index < -0.39 is 0 Å². The minimum Gasteiger partial charge on any atom is -0.356 e. The number of benzene rings is 1. The van der Waals surface area contributed by atoms with Crippen molar-refractivity contribution in [1.82, 2.24) is 14.5 Å². The smallest absolute Gasteiger partial charge is 0.270 e. The Morgan fingerprint density at radius 1 is 1.19 bits per heavy atom. The van der Waals surface area contributed by atoms with Crippen LogP contribution in [0.1, 0.15) is 27.2 Å². The highest BCUT2D eigenvalue weighted by Gasteiger charge is 2.24. The predicted molar refractivity (Wildman–Crippen MR) is 95.9 cm³/mol. The number of carbonyl (C=O) groups excluding carboxylic acids is 1. The van der Waals surface area contributed by atoms with Gasteiger partial charge in [0.15, 0.2) is 0 Å². The second-order valence-electron chi connectivity index (χ2n) is 6.40. The number of halogens is 1. The van der Waals surface area contributed by atoms with Crippen molar-refractivity contribution in [2.24, 2.45) is 0 Å². The lowest BCUT2D eigenvalue weighted by molar-refractivity contribution is 0.0729. The number of hydrogen-bond acceptors (Lipinski definition) is 3. The number of pyridine rings is 1. The molecule has 0 saturated heterocycles. The lowest BCUT2D eigenvalue weighted by atomic mass is 10.0. The average molecular weight is 362 g/mol. The number of amides is 1. The van der Waals surface area contributed by atoms with E-state index in [2.05, 4.69) is 4.98 Å². The largest absolute Gasteiger partial charge is 0.356 e. The fourth-order valence-electron chi connectivity index (χ4n) is 3.26. The fraction of sp³-hybridized carbons (Fsp3) is 0.150. The van der Waals surface area contributed by atoms with Gasteiger partial charge in [0.05, 0.1) is 5.56 Å². The number of nitrogens with one attached hydrogen (secondary N) is 1. The molecule has 0 spiro atoms. The average Bonchev–Trinajstić information content (AvgIpc) is 3.16. The number of H-pyrrole nitrogens is 1. The van der Waals surface area contributed by atoms with Gasteiger partial charge in [0.25, 0.3) is 11.5 Å². The quantitative estimate of drug-likeness (QED) is 0.760. The van der Waals surface area contributed by atoms with Crippen LogP contribution < -0.4 is 5.56 Å². The summed E-state index contributed by atoms with van der Waals surface area (Å²) in [6, 6.07) is 10.8. The van der Waals surface area contributed by atoms with Crippen molar-refractivity contribution in [3.05, 3.63) is 87.3 Å². The maximum absolute atomic E-state index is 13.2. The first kappa shape index (κ1) is 16.8. The zero-order valence-electron chi connectivity index (χ0n) is 14.3. The normalized spacial score (nSPS) is 13.1. The van der Waals surface area contributed by atoms with Crippen LogP contribution in [-0.2, 0) is 13.0 Å². The highest BCUT2D eigenvalue weighted by atomic mass is 19.1. The minimum atomic E-state index is -0.371. The van der Waals surface area contributed by atoms with Crippen molar-refractivity contribution < 1.29 is 9.18 Å². The van der Waals surface area contributed by atoms with Crippen LogP contribution in [-0.4, -0.2) is 26.9 Å². The number of hydrogen-bond donors (Lipinski definition) is 1. The van der Waals surface area contributed by atoms with Crippen LogP contribution in [0.25, 0.3) is 5.69 Å². The number of aromatic amines is 1. The van der Waals surface area contributed by atoms with Gasteiger partial charge in [-0.3, -0.25) is 14.2 Å². The Kier molecular flexibility index (Phi) is 4.09. The Labute approximate surface area is 154 Å². The third-order valence-corrected chi connectivity index (χ3v) is 4.68. The summed E-state index contributed by atoms with van der Waals surface area (Å²) in [5, 5.41) is 8.90. The van der Waals surface area contributed by atoms with Crippen LogP contribution in [0.4, 0.5) is 4.39 Å². The minimum absolute atomic E-state index is 0.192. The summed E-state index contributed by atoms with van der Waals surface area (Å²) >= 11 is 0. The molecule has 4 rings (SSSR count). The van der Waals surface area contributed by atoms with Gasteiger partial charge in [-0.2, -0.15) is 5.26 Å². The molecule has 0 saturated carbocycles. The Hall–Kier alpha value is -3.66. The molecule has 134 valence electrons. The molecule has 1 aromatic carbocycles. The van der Waals surface area contributed by atoms with E-state index in [9.17, 15) is 14.0 Å². The van der Waals surface area contributed by atoms with Gasteiger partial charge in [0, 0.05) is 37.2 Å². The molecule has 1 amide bonds. The first-order valence-electron chi connectivity index (χ1n) is 8.43. The summed E-state index contributed by atoms with van der Waals surface area (Å²) in [5.74, 6) is -0.564. The van der Waals surface area contributed by atoms with E-state index >= 15 is 0 Å². The molecular weight excluding hydrogens is 347 g/mol. The van der Waals surface area contributed by atoms with E-state index in [0.717, 1.165) is 11.1 Å². The van der Waals surface area contributed by atoms with E-state index in [1.807, 2.05) is 6.07 Å². The fourth-order valence-corrected chi connectivity index (χ4v) is 3.26. The van der Waals surface area contributed by atoms with E-state index in [0.29, 0.717) is 36.5 Å². The number of aromatic nitrogens is 2. The van der Waals surface area contributed by atoms with Crippen molar-refractivity contribution in [2.45, 2.75) is 13.0 Å². The van der Waals surface area contributed by atoms with Gasteiger partial charge in [-0.05, 0) is 47.9 Å². The molecule has 3 aromatic rings. The van der Waals surface area contributed by atoms with Gasteiger partial charge in [-0.25, -0.2) is 4.39 Å². The topological polar surface area (TPSA) is 81.9 Å². The molecule has 0 atom stereocenters. The molecule has 7 heteroatoms. The van der Waals surface area contributed by atoms with Gasteiger partial charge in [-0.15, -0.1) is 0 Å². The second kappa shape index (κ2) is 6.57. The first-order chi connectivity index (χ1) is 13.0. The molecular formula is C20H15FN4O2. The molecule has 0 fully saturated rings. The first-order valence-corrected chi connectivity index (χ1v) is 8.43. The summed E-state index contributed by atoms with van der Waals surface area (Å²) in [6.07, 6.45) is 3.78. The van der Waals surface area contributed by atoms with Crippen molar-refractivity contribution in [3.8, 4) is 11.8 Å². The molecule has 1 aliphatic rings. The molecule has 2 aromatic heterocycles. The number of nitriles is 1. The summed E-state index contributed by atoms with van der Waals surface area (Å²) in [4.78, 5) is 29.6. The van der Waals surface area contributed by atoms with Crippen molar-refractivity contribution in [3.63, 3.8) is 0 Å². The molecule has 3 heterocycles. The SMILES string of the molecule is N#Cc1c[nH]c(C(=O)N2CCc3cc(=O)n(-c4ccc(F)cc4)cc3C2)c1. The predicted octanol–water partition coefficient (Wildman–Crippen LogP) is 2.37. The second-order valence-corrected chi connectivity index (χ2v) is 6.40. The molecule has 0 bridgehead atoms. The molecule has 0 aliphatic carbocycles. The zero-order valence-corrected chi connectivity index (χ0v) is 14.3. The van der Waals surface area contributed by atoms with Gasteiger partial charge < -0.3 is 9.88 Å². The highest BCUT2D eigenvalue weighted by molar-refractivity contribution is 5.93. The maximum Gasteiger partial charge on any atom is 0.270 e. The van der Waals surface area contributed by atoms with E-state index in [1.54, 1.807) is 17.2 Å². The molecule has 0 radical (unpaired) electrons. The van der Waals surface area contributed by atoms with Gasteiger partial charge in [-0.1, -0.05) is 0 Å². The van der Waals surface area contributed by atoms with Crippen LogP contribution in [0.15, 0.2) is 53.6 Å². The van der Waals surface area contributed by atoms with Gasteiger partial charge >= 0.3 is 0 Å². The molecule has 6 nitrogen and oxygen atoms in total. The lowest BCUT2D eigenvalue weighted by Crippen LogP contribution is -2.37. The van der Waals surface area contributed by atoms with Crippen molar-refractivity contribution >= 4 is 5.91 Å².